The second kappa shape index (κ2) is 10.5. The maximum atomic E-state index is 5.80. The van der Waals surface area contributed by atoms with Crippen LogP contribution in [0.25, 0.3) is 0 Å². The summed E-state index contributed by atoms with van der Waals surface area (Å²) in [7, 11) is 0. The van der Waals surface area contributed by atoms with Crippen molar-refractivity contribution in [2.24, 2.45) is 5.41 Å². The SMILES string of the molecule is CCCCCCCOCC(CC)(CC)CS. The fraction of sp³-hybridized carbons (Fsp3) is 1.00. The van der Waals surface area contributed by atoms with Crippen LogP contribution in [0.5, 0.6) is 0 Å². The van der Waals surface area contributed by atoms with E-state index in [0.717, 1.165) is 19.0 Å². The van der Waals surface area contributed by atoms with Gasteiger partial charge in [-0.2, -0.15) is 12.6 Å². The largest absolute Gasteiger partial charge is 0.381 e. The molecule has 0 heterocycles. The van der Waals surface area contributed by atoms with Crippen LogP contribution in [-0.2, 0) is 4.74 Å². The summed E-state index contributed by atoms with van der Waals surface area (Å²) in [5.41, 5.74) is 0.312. The molecule has 0 saturated heterocycles. The van der Waals surface area contributed by atoms with E-state index in [9.17, 15) is 0 Å². The minimum atomic E-state index is 0.312. The molecule has 0 N–H and O–H groups in total. The molecule has 0 unspecified atom stereocenters. The van der Waals surface area contributed by atoms with E-state index >= 15 is 0 Å². The van der Waals surface area contributed by atoms with Crippen LogP contribution in [0.1, 0.15) is 65.7 Å². The molecule has 1 nitrogen and oxygen atoms in total. The van der Waals surface area contributed by atoms with Gasteiger partial charge in [0.25, 0.3) is 0 Å². The second-order valence-electron chi connectivity index (χ2n) is 4.83. The van der Waals surface area contributed by atoms with Gasteiger partial charge in [0.1, 0.15) is 0 Å². The number of thiol groups is 1. The van der Waals surface area contributed by atoms with Crippen molar-refractivity contribution in [3.05, 3.63) is 0 Å². The lowest BCUT2D eigenvalue weighted by molar-refractivity contribution is 0.0490. The average molecular weight is 246 g/mol. The number of hydrogen-bond acceptors (Lipinski definition) is 2. The minimum Gasteiger partial charge on any atom is -0.381 e. The number of ether oxygens (including phenoxy) is 1. The first-order valence-corrected chi connectivity index (χ1v) is 7.56. The third-order valence-electron chi connectivity index (χ3n) is 3.64. The second-order valence-corrected chi connectivity index (χ2v) is 5.15. The molecule has 98 valence electrons. The van der Waals surface area contributed by atoms with Gasteiger partial charge in [-0.1, -0.05) is 46.5 Å². The summed E-state index contributed by atoms with van der Waals surface area (Å²) >= 11 is 4.45. The van der Waals surface area contributed by atoms with Crippen molar-refractivity contribution < 1.29 is 4.74 Å². The minimum absolute atomic E-state index is 0.312. The third-order valence-corrected chi connectivity index (χ3v) is 4.31. The summed E-state index contributed by atoms with van der Waals surface area (Å²) in [5, 5.41) is 0. The van der Waals surface area contributed by atoms with Gasteiger partial charge in [-0.15, -0.1) is 0 Å². The summed E-state index contributed by atoms with van der Waals surface area (Å²) in [5.74, 6) is 0.940. The van der Waals surface area contributed by atoms with Crippen LogP contribution in [-0.4, -0.2) is 19.0 Å². The molecule has 0 saturated carbocycles. The summed E-state index contributed by atoms with van der Waals surface area (Å²) in [6.07, 6.45) is 8.92. The highest BCUT2D eigenvalue weighted by Crippen LogP contribution is 2.28. The van der Waals surface area contributed by atoms with E-state index in [-0.39, 0.29) is 0 Å². The molecule has 0 amide bonds. The van der Waals surface area contributed by atoms with Crippen LogP contribution >= 0.6 is 12.6 Å². The lowest BCUT2D eigenvalue weighted by Gasteiger charge is -2.29. The van der Waals surface area contributed by atoms with E-state index in [4.69, 9.17) is 4.74 Å². The lowest BCUT2D eigenvalue weighted by Crippen LogP contribution is -2.27. The summed E-state index contributed by atoms with van der Waals surface area (Å²) in [6, 6.07) is 0. The van der Waals surface area contributed by atoms with Gasteiger partial charge in [-0.3, -0.25) is 0 Å². The molecule has 0 atom stereocenters. The fourth-order valence-corrected chi connectivity index (χ4v) is 2.36. The van der Waals surface area contributed by atoms with Crippen molar-refractivity contribution in [2.75, 3.05) is 19.0 Å². The van der Waals surface area contributed by atoms with Crippen molar-refractivity contribution in [3.8, 4) is 0 Å². The topological polar surface area (TPSA) is 9.23 Å². The molecule has 0 fully saturated rings. The molecule has 0 bridgehead atoms. The van der Waals surface area contributed by atoms with Gasteiger partial charge in [0, 0.05) is 12.0 Å². The summed E-state index contributed by atoms with van der Waals surface area (Å²) in [6.45, 7) is 8.55. The smallest absolute Gasteiger partial charge is 0.0530 e. The van der Waals surface area contributed by atoms with Crippen molar-refractivity contribution in [1.82, 2.24) is 0 Å². The Balaban J connectivity index is 3.48. The zero-order valence-electron chi connectivity index (χ0n) is 11.4. The molecule has 0 rings (SSSR count). The molecule has 16 heavy (non-hydrogen) atoms. The van der Waals surface area contributed by atoms with Crippen LogP contribution in [0.2, 0.25) is 0 Å². The lowest BCUT2D eigenvalue weighted by atomic mass is 9.85. The van der Waals surface area contributed by atoms with Crippen molar-refractivity contribution >= 4 is 12.6 Å². The van der Waals surface area contributed by atoms with E-state index in [1.54, 1.807) is 0 Å². The molecule has 0 aromatic carbocycles. The fourth-order valence-electron chi connectivity index (χ4n) is 1.82. The molecule has 0 aromatic heterocycles. The molecular weight excluding hydrogens is 216 g/mol. The molecule has 0 aliphatic carbocycles. The highest BCUT2D eigenvalue weighted by Gasteiger charge is 2.24. The van der Waals surface area contributed by atoms with E-state index < -0.39 is 0 Å². The Bertz CT molecular complexity index is 135. The zero-order chi connectivity index (χ0) is 12.3. The van der Waals surface area contributed by atoms with Crippen LogP contribution < -0.4 is 0 Å². The van der Waals surface area contributed by atoms with Gasteiger partial charge in [-0.25, -0.2) is 0 Å². The third kappa shape index (κ3) is 6.80. The highest BCUT2D eigenvalue weighted by molar-refractivity contribution is 7.80. The van der Waals surface area contributed by atoms with Crippen LogP contribution in [0.15, 0.2) is 0 Å². The molecule has 0 radical (unpaired) electrons. The predicted molar refractivity (Wildman–Crippen MR) is 76.4 cm³/mol. The molecule has 2 heteroatoms. The molecule has 0 spiro atoms. The normalized spacial score (nSPS) is 12.0. The number of unbranched alkanes of at least 4 members (excludes halogenated alkanes) is 4. The molecule has 0 aromatic rings. The predicted octanol–water partition coefficient (Wildman–Crippen LogP) is 4.71. The van der Waals surface area contributed by atoms with Gasteiger partial charge in [0.05, 0.1) is 6.61 Å². The van der Waals surface area contributed by atoms with E-state index in [1.807, 2.05) is 0 Å². The van der Waals surface area contributed by atoms with Crippen LogP contribution in [0.3, 0.4) is 0 Å². The summed E-state index contributed by atoms with van der Waals surface area (Å²) < 4.78 is 5.80. The Morgan fingerprint density at radius 2 is 1.56 bits per heavy atom. The Morgan fingerprint density at radius 3 is 2.06 bits per heavy atom. The zero-order valence-corrected chi connectivity index (χ0v) is 12.3. The quantitative estimate of drug-likeness (QED) is 0.410. The van der Waals surface area contributed by atoms with Gasteiger partial charge in [-0.05, 0) is 25.0 Å². The average Bonchev–Trinajstić information content (AvgIpc) is 2.34. The van der Waals surface area contributed by atoms with Crippen molar-refractivity contribution in [1.29, 1.82) is 0 Å². The monoisotopic (exact) mass is 246 g/mol. The summed E-state index contributed by atoms with van der Waals surface area (Å²) in [4.78, 5) is 0. The maximum absolute atomic E-state index is 5.80. The van der Waals surface area contributed by atoms with Gasteiger partial charge < -0.3 is 4.74 Å². The Labute approximate surface area is 108 Å². The van der Waals surface area contributed by atoms with E-state index in [0.29, 0.717) is 5.41 Å². The first-order valence-electron chi connectivity index (χ1n) is 6.93. The van der Waals surface area contributed by atoms with Gasteiger partial charge in [0.15, 0.2) is 0 Å². The number of hydrogen-bond donors (Lipinski definition) is 1. The Morgan fingerprint density at radius 1 is 0.938 bits per heavy atom. The first kappa shape index (κ1) is 16.3. The van der Waals surface area contributed by atoms with Crippen LogP contribution in [0.4, 0.5) is 0 Å². The van der Waals surface area contributed by atoms with E-state index in [1.165, 1.54) is 44.9 Å². The van der Waals surface area contributed by atoms with Crippen molar-refractivity contribution in [3.63, 3.8) is 0 Å². The van der Waals surface area contributed by atoms with E-state index in [2.05, 4.69) is 33.4 Å². The molecule has 0 aliphatic heterocycles. The molecular formula is C14H30OS. The van der Waals surface area contributed by atoms with Gasteiger partial charge in [0.2, 0.25) is 0 Å². The Kier molecular flexibility index (Phi) is 10.7. The maximum Gasteiger partial charge on any atom is 0.0530 e. The van der Waals surface area contributed by atoms with Gasteiger partial charge >= 0.3 is 0 Å². The number of rotatable bonds is 11. The van der Waals surface area contributed by atoms with Crippen LogP contribution in [0, 0.1) is 5.41 Å². The standard InChI is InChI=1S/C14H30OS/c1-4-7-8-9-10-11-15-12-14(5-2,6-3)13-16/h16H,4-13H2,1-3H3. The first-order chi connectivity index (χ1) is 7.74. The van der Waals surface area contributed by atoms with Crippen molar-refractivity contribution in [2.45, 2.75) is 65.7 Å². The molecule has 0 aliphatic rings. The highest BCUT2D eigenvalue weighted by atomic mass is 32.1. The Hall–Kier alpha value is 0.310.